The molecule has 0 spiro atoms. The number of furan rings is 1. The smallest absolute Gasteiger partial charge is 0.234 e. The van der Waals surface area contributed by atoms with E-state index < -0.39 is 0 Å². The number of ether oxygens (including phenoxy) is 1. The van der Waals surface area contributed by atoms with Gasteiger partial charge in [-0.3, -0.25) is 14.5 Å². The van der Waals surface area contributed by atoms with Crippen molar-refractivity contribution >= 4 is 29.2 Å². The van der Waals surface area contributed by atoms with E-state index in [0.717, 1.165) is 36.3 Å². The fraction of sp³-hybridized carbons (Fsp3) is 0.500. The quantitative estimate of drug-likeness (QED) is 0.376. The average Bonchev–Trinajstić information content (AvgIpc) is 3.64. The van der Waals surface area contributed by atoms with Crippen molar-refractivity contribution in [2.75, 3.05) is 6.61 Å². The Balaban J connectivity index is 1.33. The number of thiophene rings is 1. The second-order valence-electron chi connectivity index (χ2n) is 9.91. The summed E-state index contributed by atoms with van der Waals surface area (Å²) in [5.41, 5.74) is 3.80. The second-order valence-corrected chi connectivity index (χ2v) is 10.9. The number of imide groups is 1. The molecule has 0 radical (unpaired) electrons. The SMILES string of the molecule is CCCC1=C2[C@@H](CC/C(C)=C/c3ccc(CO)o3)OC[C@@H]2[C@@H]2C(=O)N(Cc3cccs3)C(=O)[C@@H]2C1. The number of carbonyl (C=O) groups is 2. The van der Waals surface area contributed by atoms with Gasteiger partial charge in [-0.05, 0) is 67.8 Å². The number of fused-ring (bicyclic) bond motifs is 3. The van der Waals surface area contributed by atoms with Crippen molar-refractivity contribution in [1.82, 2.24) is 4.90 Å². The van der Waals surface area contributed by atoms with E-state index in [9.17, 15) is 14.7 Å². The fourth-order valence-corrected chi connectivity index (χ4v) is 6.71. The van der Waals surface area contributed by atoms with Gasteiger partial charge >= 0.3 is 0 Å². The Hall–Kier alpha value is -2.48. The zero-order valence-corrected chi connectivity index (χ0v) is 21.2. The molecule has 2 amide bonds. The molecule has 0 unspecified atom stereocenters. The number of allylic oxidation sites excluding steroid dienone is 2. The van der Waals surface area contributed by atoms with Crippen LogP contribution in [0.4, 0.5) is 0 Å². The number of likely N-dealkylation sites (tertiary alicyclic amines) is 1. The van der Waals surface area contributed by atoms with Crippen LogP contribution in [0.5, 0.6) is 0 Å². The van der Waals surface area contributed by atoms with Crippen LogP contribution in [0.15, 0.2) is 50.8 Å². The van der Waals surface area contributed by atoms with Crippen LogP contribution in [0.1, 0.15) is 62.3 Å². The maximum atomic E-state index is 13.5. The molecule has 35 heavy (non-hydrogen) atoms. The average molecular weight is 496 g/mol. The molecule has 0 saturated carbocycles. The molecule has 2 aromatic heterocycles. The molecule has 6 nitrogen and oxygen atoms in total. The van der Waals surface area contributed by atoms with Gasteiger partial charge in [0.25, 0.3) is 0 Å². The Morgan fingerprint density at radius 3 is 2.80 bits per heavy atom. The summed E-state index contributed by atoms with van der Waals surface area (Å²) in [7, 11) is 0. The van der Waals surface area contributed by atoms with Gasteiger partial charge in [0.2, 0.25) is 11.8 Å². The number of hydrogen-bond acceptors (Lipinski definition) is 6. The highest BCUT2D eigenvalue weighted by Crippen LogP contribution is 2.51. The third-order valence-electron chi connectivity index (χ3n) is 7.57. The standard InChI is InChI=1S/C28H33NO5S/c1-3-5-18-13-22-26(28(32)29(27(22)31)14-21-6-4-11-35-21)23-16-33-24(25(18)23)10-7-17(2)12-19-8-9-20(15-30)34-19/h4,6,8-9,11-12,22-24,26,30H,3,5,7,10,13-16H2,1-2H3/b17-12+/t22-,23+,24-,26-/m1/s1. The van der Waals surface area contributed by atoms with Crippen molar-refractivity contribution in [2.45, 2.75) is 65.2 Å². The molecule has 4 atom stereocenters. The highest BCUT2D eigenvalue weighted by molar-refractivity contribution is 7.09. The first-order valence-electron chi connectivity index (χ1n) is 12.6. The summed E-state index contributed by atoms with van der Waals surface area (Å²) in [6, 6.07) is 7.59. The van der Waals surface area contributed by atoms with Gasteiger partial charge in [0.1, 0.15) is 18.1 Å². The van der Waals surface area contributed by atoms with Crippen LogP contribution in [0.3, 0.4) is 0 Å². The zero-order valence-electron chi connectivity index (χ0n) is 20.4. The minimum Gasteiger partial charge on any atom is -0.459 e. The number of amides is 2. The van der Waals surface area contributed by atoms with E-state index >= 15 is 0 Å². The number of nitrogens with zero attached hydrogens (tertiary/aromatic N) is 1. The summed E-state index contributed by atoms with van der Waals surface area (Å²) in [6.07, 6.45) is 6.33. The Kier molecular flexibility index (Phi) is 7.09. The van der Waals surface area contributed by atoms with Crippen LogP contribution in [0.25, 0.3) is 6.08 Å². The van der Waals surface area contributed by atoms with Crippen LogP contribution in [0, 0.1) is 17.8 Å². The van der Waals surface area contributed by atoms with Crippen molar-refractivity contribution in [1.29, 1.82) is 0 Å². The lowest BCUT2D eigenvalue weighted by Crippen LogP contribution is -2.34. The monoisotopic (exact) mass is 495 g/mol. The minimum atomic E-state index is -0.292. The van der Waals surface area contributed by atoms with E-state index in [4.69, 9.17) is 9.15 Å². The number of hydrogen-bond donors (Lipinski definition) is 1. The number of rotatable bonds is 9. The summed E-state index contributed by atoms with van der Waals surface area (Å²) < 4.78 is 11.9. The van der Waals surface area contributed by atoms with Gasteiger partial charge in [-0.15, -0.1) is 11.3 Å². The Labute approximate surface area is 210 Å². The van der Waals surface area contributed by atoms with E-state index in [0.29, 0.717) is 25.3 Å². The van der Waals surface area contributed by atoms with E-state index in [1.807, 2.05) is 29.7 Å². The normalized spacial score (nSPS) is 26.6. The van der Waals surface area contributed by atoms with Crippen LogP contribution in [0.2, 0.25) is 0 Å². The second kappa shape index (κ2) is 10.2. The largest absolute Gasteiger partial charge is 0.459 e. The van der Waals surface area contributed by atoms with Gasteiger partial charge in [-0.2, -0.15) is 0 Å². The van der Waals surface area contributed by atoms with Crippen LogP contribution < -0.4 is 0 Å². The molecule has 1 N–H and O–H groups in total. The topological polar surface area (TPSA) is 80.0 Å². The highest BCUT2D eigenvalue weighted by Gasteiger charge is 2.56. The first kappa shape index (κ1) is 24.2. The molecular weight excluding hydrogens is 462 g/mol. The lowest BCUT2D eigenvalue weighted by Gasteiger charge is -2.32. The fourth-order valence-electron chi connectivity index (χ4n) is 6.02. The molecule has 2 saturated heterocycles. The molecule has 2 aromatic rings. The van der Waals surface area contributed by atoms with Gasteiger partial charge in [-0.1, -0.05) is 30.6 Å². The van der Waals surface area contributed by atoms with Gasteiger partial charge in [-0.25, -0.2) is 0 Å². The van der Waals surface area contributed by atoms with Crippen LogP contribution in [-0.2, 0) is 27.5 Å². The number of aliphatic hydroxyl groups is 1. The molecule has 4 heterocycles. The molecular formula is C28H33NO5S. The predicted octanol–water partition coefficient (Wildman–Crippen LogP) is 5.33. The van der Waals surface area contributed by atoms with Gasteiger partial charge < -0.3 is 14.3 Å². The van der Waals surface area contributed by atoms with Crippen molar-refractivity contribution in [3.63, 3.8) is 0 Å². The van der Waals surface area contributed by atoms with Gasteiger partial charge in [0, 0.05) is 10.8 Å². The van der Waals surface area contributed by atoms with E-state index in [-0.39, 0.29) is 42.3 Å². The molecule has 0 aromatic carbocycles. The molecule has 2 aliphatic heterocycles. The third-order valence-corrected chi connectivity index (χ3v) is 8.43. The molecule has 186 valence electrons. The zero-order chi connectivity index (χ0) is 24.5. The van der Waals surface area contributed by atoms with E-state index in [2.05, 4.69) is 13.8 Å². The number of carbonyl (C=O) groups excluding carboxylic acids is 2. The third kappa shape index (κ3) is 4.69. The molecule has 1 aliphatic carbocycles. The van der Waals surface area contributed by atoms with E-state index in [1.54, 1.807) is 17.4 Å². The first-order chi connectivity index (χ1) is 17.0. The predicted molar refractivity (Wildman–Crippen MR) is 134 cm³/mol. The summed E-state index contributed by atoms with van der Waals surface area (Å²) >= 11 is 1.58. The van der Waals surface area contributed by atoms with Crippen LogP contribution >= 0.6 is 11.3 Å². The summed E-state index contributed by atoms with van der Waals surface area (Å²) in [6.45, 7) is 5.04. The molecule has 2 fully saturated rings. The van der Waals surface area contributed by atoms with E-state index in [1.165, 1.54) is 21.6 Å². The molecule has 0 bridgehead atoms. The van der Waals surface area contributed by atoms with Gasteiger partial charge in [0.05, 0.1) is 31.1 Å². The molecule has 5 rings (SSSR count). The van der Waals surface area contributed by atoms with Crippen molar-refractivity contribution in [3.8, 4) is 0 Å². The van der Waals surface area contributed by atoms with Gasteiger partial charge in [0.15, 0.2) is 0 Å². The van der Waals surface area contributed by atoms with Crippen LogP contribution in [-0.4, -0.2) is 34.5 Å². The number of aliphatic hydroxyl groups excluding tert-OH is 1. The Morgan fingerprint density at radius 1 is 1.23 bits per heavy atom. The summed E-state index contributed by atoms with van der Waals surface area (Å²) in [5, 5.41) is 11.2. The summed E-state index contributed by atoms with van der Waals surface area (Å²) in [5.74, 6) is 0.728. The summed E-state index contributed by atoms with van der Waals surface area (Å²) in [4.78, 5) is 29.3. The highest BCUT2D eigenvalue weighted by atomic mass is 32.1. The Morgan fingerprint density at radius 2 is 2.09 bits per heavy atom. The lowest BCUT2D eigenvalue weighted by atomic mass is 9.68. The van der Waals surface area contributed by atoms with Crippen molar-refractivity contribution in [3.05, 3.63) is 62.8 Å². The maximum Gasteiger partial charge on any atom is 0.234 e. The lowest BCUT2D eigenvalue weighted by molar-refractivity contribution is -0.140. The van der Waals surface area contributed by atoms with Crippen molar-refractivity contribution in [2.24, 2.45) is 17.8 Å². The minimum absolute atomic E-state index is 0.00607. The molecule has 7 heteroatoms. The Bertz CT molecular complexity index is 1140. The maximum absolute atomic E-state index is 13.5. The molecule has 3 aliphatic rings. The first-order valence-corrected chi connectivity index (χ1v) is 13.5. The van der Waals surface area contributed by atoms with Crippen molar-refractivity contribution < 1.29 is 23.8 Å².